The van der Waals surface area contributed by atoms with Crippen molar-refractivity contribution in [3.05, 3.63) is 76.6 Å². The summed E-state index contributed by atoms with van der Waals surface area (Å²) < 4.78 is 0. The summed E-state index contributed by atoms with van der Waals surface area (Å²) in [6.45, 7) is 2.29. The molecule has 0 fully saturated rings. The number of aliphatic hydroxyl groups excluding tert-OH is 1. The lowest BCUT2D eigenvalue weighted by Gasteiger charge is -2.22. The van der Waals surface area contributed by atoms with Gasteiger partial charge in [0.1, 0.15) is 5.01 Å². The number of hydrogen-bond acceptors (Lipinski definition) is 4. The molecular formula is C20H22N2OS. The normalized spacial score (nSPS) is 13.6. The summed E-state index contributed by atoms with van der Waals surface area (Å²) >= 11 is 1.67. The van der Waals surface area contributed by atoms with Gasteiger partial charge < -0.3 is 10.4 Å². The predicted molar refractivity (Wildman–Crippen MR) is 100.0 cm³/mol. The molecule has 1 heterocycles. The van der Waals surface area contributed by atoms with Crippen molar-refractivity contribution in [3.63, 3.8) is 0 Å². The minimum atomic E-state index is 0.121. The Morgan fingerprint density at radius 3 is 2.38 bits per heavy atom. The number of nitrogens with zero attached hydrogens (tertiary/aromatic N) is 1. The Morgan fingerprint density at radius 1 is 1.04 bits per heavy atom. The highest BCUT2D eigenvalue weighted by Gasteiger charge is 2.17. The fourth-order valence-electron chi connectivity index (χ4n) is 2.76. The maximum Gasteiger partial charge on any atom is 0.110 e. The van der Waals surface area contributed by atoms with Gasteiger partial charge in [-0.05, 0) is 18.9 Å². The average molecular weight is 338 g/mol. The Morgan fingerprint density at radius 2 is 1.71 bits per heavy atom. The third-order valence-corrected chi connectivity index (χ3v) is 5.06. The van der Waals surface area contributed by atoms with E-state index in [1.54, 1.807) is 11.3 Å². The molecule has 0 saturated carbocycles. The van der Waals surface area contributed by atoms with E-state index in [9.17, 15) is 5.11 Å². The Bertz CT molecular complexity index is 743. The summed E-state index contributed by atoms with van der Waals surface area (Å²) in [4.78, 5) is 4.78. The standard InChI is InChI=1S/C20H22N2OS/c1-15(21-18(12-13-23)16-8-4-2-5-9-16)20-22-19(14-24-20)17-10-6-3-7-11-17/h2-11,14-15,18,21,23H,12-13H2,1H3/t15?,18-/m1/s1. The monoisotopic (exact) mass is 338 g/mol. The first-order valence-corrected chi connectivity index (χ1v) is 9.08. The minimum absolute atomic E-state index is 0.121. The zero-order valence-electron chi connectivity index (χ0n) is 13.7. The molecule has 124 valence electrons. The van der Waals surface area contributed by atoms with Crippen molar-refractivity contribution in [1.29, 1.82) is 0 Å². The van der Waals surface area contributed by atoms with Gasteiger partial charge in [0.2, 0.25) is 0 Å². The van der Waals surface area contributed by atoms with Crippen LogP contribution in [0.5, 0.6) is 0 Å². The summed E-state index contributed by atoms with van der Waals surface area (Å²) in [7, 11) is 0. The van der Waals surface area contributed by atoms with E-state index in [0.717, 1.165) is 16.3 Å². The first kappa shape index (κ1) is 16.8. The molecule has 24 heavy (non-hydrogen) atoms. The smallest absolute Gasteiger partial charge is 0.110 e. The second kappa shape index (κ2) is 8.20. The van der Waals surface area contributed by atoms with E-state index in [1.807, 2.05) is 36.4 Å². The van der Waals surface area contributed by atoms with Gasteiger partial charge in [-0.25, -0.2) is 4.98 Å². The van der Waals surface area contributed by atoms with Gasteiger partial charge in [-0.15, -0.1) is 11.3 Å². The van der Waals surface area contributed by atoms with Crippen LogP contribution in [0.3, 0.4) is 0 Å². The van der Waals surface area contributed by atoms with Crippen molar-refractivity contribution in [1.82, 2.24) is 10.3 Å². The molecule has 0 bridgehead atoms. The predicted octanol–water partition coefficient (Wildman–Crippen LogP) is 4.58. The summed E-state index contributed by atoms with van der Waals surface area (Å²) in [6.07, 6.45) is 0.686. The lowest BCUT2D eigenvalue weighted by Crippen LogP contribution is -2.25. The Kier molecular flexibility index (Phi) is 5.75. The Balaban J connectivity index is 1.74. The summed E-state index contributed by atoms with van der Waals surface area (Å²) in [5.41, 5.74) is 3.35. The maximum absolute atomic E-state index is 9.38. The number of hydrogen-bond donors (Lipinski definition) is 2. The van der Waals surface area contributed by atoms with Crippen molar-refractivity contribution in [2.45, 2.75) is 25.4 Å². The molecule has 3 nitrogen and oxygen atoms in total. The van der Waals surface area contributed by atoms with Gasteiger partial charge in [0.25, 0.3) is 0 Å². The summed E-state index contributed by atoms with van der Waals surface area (Å²) in [6, 6.07) is 20.7. The Labute approximate surface area is 147 Å². The molecule has 0 amide bonds. The van der Waals surface area contributed by atoms with E-state index < -0.39 is 0 Å². The van der Waals surface area contributed by atoms with Crippen LogP contribution in [0.4, 0.5) is 0 Å². The molecule has 2 atom stereocenters. The molecule has 4 heteroatoms. The fraction of sp³-hybridized carbons (Fsp3) is 0.250. The molecule has 0 spiro atoms. The van der Waals surface area contributed by atoms with Gasteiger partial charge in [0, 0.05) is 23.6 Å². The highest BCUT2D eigenvalue weighted by Crippen LogP contribution is 2.27. The second-order valence-electron chi connectivity index (χ2n) is 5.80. The number of rotatable bonds is 7. The van der Waals surface area contributed by atoms with E-state index >= 15 is 0 Å². The van der Waals surface area contributed by atoms with Gasteiger partial charge in [-0.1, -0.05) is 60.7 Å². The van der Waals surface area contributed by atoms with E-state index in [-0.39, 0.29) is 18.7 Å². The lowest BCUT2D eigenvalue weighted by molar-refractivity contribution is 0.260. The van der Waals surface area contributed by atoms with Crippen LogP contribution in [0.1, 0.15) is 36.0 Å². The molecule has 0 aliphatic heterocycles. The van der Waals surface area contributed by atoms with Crippen LogP contribution in [0.25, 0.3) is 11.3 Å². The van der Waals surface area contributed by atoms with Gasteiger partial charge >= 0.3 is 0 Å². The number of benzene rings is 2. The lowest BCUT2D eigenvalue weighted by atomic mass is 10.0. The topological polar surface area (TPSA) is 45.1 Å². The maximum atomic E-state index is 9.38. The second-order valence-corrected chi connectivity index (χ2v) is 6.69. The number of thiazole rings is 1. The molecule has 0 aliphatic carbocycles. The van der Waals surface area contributed by atoms with E-state index in [2.05, 4.69) is 41.9 Å². The molecule has 2 aromatic carbocycles. The van der Waals surface area contributed by atoms with E-state index in [0.29, 0.717) is 6.42 Å². The fourth-order valence-corrected chi connectivity index (χ4v) is 3.61. The van der Waals surface area contributed by atoms with Gasteiger partial charge in [0.15, 0.2) is 0 Å². The SMILES string of the molecule is CC(N[C@H](CCO)c1ccccc1)c1nc(-c2ccccc2)cs1. The third kappa shape index (κ3) is 4.09. The van der Waals surface area contributed by atoms with E-state index in [1.165, 1.54) is 5.56 Å². The average Bonchev–Trinajstić information content (AvgIpc) is 3.13. The first-order chi connectivity index (χ1) is 11.8. The number of nitrogens with one attached hydrogen (secondary N) is 1. The first-order valence-electron chi connectivity index (χ1n) is 8.20. The van der Waals surface area contributed by atoms with E-state index in [4.69, 9.17) is 4.98 Å². The third-order valence-electron chi connectivity index (χ3n) is 4.03. The molecule has 3 rings (SSSR count). The van der Waals surface area contributed by atoms with Crippen LogP contribution in [0.15, 0.2) is 66.0 Å². The molecular weight excluding hydrogens is 316 g/mol. The molecule has 1 unspecified atom stereocenters. The molecule has 0 radical (unpaired) electrons. The van der Waals surface area contributed by atoms with Crippen LogP contribution < -0.4 is 5.32 Å². The molecule has 1 aromatic heterocycles. The highest BCUT2D eigenvalue weighted by atomic mass is 32.1. The van der Waals surface area contributed by atoms with Crippen molar-refractivity contribution < 1.29 is 5.11 Å². The summed E-state index contributed by atoms with van der Waals surface area (Å²) in [5, 5.41) is 16.2. The van der Waals surface area contributed by atoms with Crippen LogP contribution in [-0.2, 0) is 0 Å². The van der Waals surface area contributed by atoms with Crippen molar-refractivity contribution >= 4 is 11.3 Å². The number of aromatic nitrogens is 1. The van der Waals surface area contributed by atoms with Gasteiger partial charge in [-0.3, -0.25) is 0 Å². The highest BCUT2D eigenvalue weighted by molar-refractivity contribution is 7.10. The quantitative estimate of drug-likeness (QED) is 0.662. The molecule has 3 aromatic rings. The zero-order chi connectivity index (χ0) is 16.8. The summed E-state index contributed by atoms with van der Waals surface area (Å²) in [5.74, 6) is 0. The van der Waals surface area contributed by atoms with Gasteiger partial charge in [-0.2, -0.15) is 0 Å². The number of aliphatic hydroxyl groups is 1. The molecule has 2 N–H and O–H groups in total. The molecule has 0 saturated heterocycles. The van der Waals surface area contributed by atoms with Crippen LogP contribution in [-0.4, -0.2) is 16.7 Å². The van der Waals surface area contributed by atoms with Crippen molar-refractivity contribution in [2.24, 2.45) is 0 Å². The van der Waals surface area contributed by atoms with Crippen LogP contribution in [0, 0.1) is 0 Å². The van der Waals surface area contributed by atoms with Crippen molar-refractivity contribution in [3.8, 4) is 11.3 Å². The van der Waals surface area contributed by atoms with Crippen molar-refractivity contribution in [2.75, 3.05) is 6.61 Å². The van der Waals surface area contributed by atoms with Crippen LogP contribution >= 0.6 is 11.3 Å². The largest absolute Gasteiger partial charge is 0.396 e. The molecule has 0 aliphatic rings. The van der Waals surface area contributed by atoms with Gasteiger partial charge in [0.05, 0.1) is 11.7 Å². The Hall–Kier alpha value is -2.01. The minimum Gasteiger partial charge on any atom is -0.396 e. The zero-order valence-corrected chi connectivity index (χ0v) is 14.5. The van der Waals surface area contributed by atoms with Crippen LogP contribution in [0.2, 0.25) is 0 Å².